The molecule has 8 atom stereocenters. The van der Waals surface area contributed by atoms with Gasteiger partial charge in [0.05, 0.1) is 30.5 Å². The van der Waals surface area contributed by atoms with E-state index in [1.54, 1.807) is 7.11 Å². The fourth-order valence-corrected chi connectivity index (χ4v) is 9.46. The van der Waals surface area contributed by atoms with Gasteiger partial charge in [-0.3, -0.25) is 9.78 Å². The summed E-state index contributed by atoms with van der Waals surface area (Å²) < 4.78 is 11.9. The molecule has 234 valence electrons. The standard InChI is InChI=1S/C36H51N3O4/c1-23(39-31-21-27(42-4)19-24-8-6-18-38-34(24)31)7-5-17-37-33(41)22-43-32-12-11-29-28-10-9-25-20-26(40)13-15-35(25,2)30(28)14-16-36(29,32)3/h6,8-9,18-19,21,23,26,28-30,32,39-40H,5,7,10-17,20,22H2,1-4H3,(H,37,41). The second-order valence-corrected chi connectivity index (χ2v) is 14.4. The smallest absolute Gasteiger partial charge is 0.246 e. The number of carbonyl (C=O) groups excluding carboxylic acids is 1. The Balaban J connectivity index is 0.956. The molecule has 0 saturated heterocycles. The molecule has 4 aliphatic rings. The second-order valence-electron chi connectivity index (χ2n) is 14.4. The molecule has 1 heterocycles. The molecule has 3 fully saturated rings. The first kappa shape index (κ1) is 30.4. The highest BCUT2D eigenvalue weighted by molar-refractivity contribution is 5.91. The first-order valence-electron chi connectivity index (χ1n) is 16.7. The Hall–Kier alpha value is -2.64. The number of aliphatic hydroxyl groups excluding tert-OH is 1. The number of hydrogen-bond donors (Lipinski definition) is 3. The SMILES string of the molecule is COc1cc(NC(C)CCCNC(=O)COC2CCC3C4CC=C5CC(O)CCC5(C)C4CCC23C)c2ncccc2c1. The monoisotopic (exact) mass is 589 g/mol. The number of allylic oxidation sites excluding steroid dienone is 1. The lowest BCUT2D eigenvalue weighted by molar-refractivity contribution is -0.134. The van der Waals surface area contributed by atoms with E-state index in [1.807, 2.05) is 30.5 Å². The molecule has 6 rings (SSSR count). The highest BCUT2D eigenvalue weighted by Gasteiger charge is 2.59. The lowest BCUT2D eigenvalue weighted by Gasteiger charge is -2.57. The molecule has 4 aliphatic carbocycles. The maximum absolute atomic E-state index is 12.8. The minimum Gasteiger partial charge on any atom is -0.497 e. The van der Waals surface area contributed by atoms with Crippen LogP contribution in [-0.4, -0.2) is 54.5 Å². The van der Waals surface area contributed by atoms with Gasteiger partial charge in [-0.2, -0.15) is 0 Å². The van der Waals surface area contributed by atoms with Gasteiger partial charge in [-0.15, -0.1) is 0 Å². The summed E-state index contributed by atoms with van der Waals surface area (Å²) in [6.07, 6.45) is 14.9. The van der Waals surface area contributed by atoms with E-state index in [0.29, 0.717) is 18.4 Å². The van der Waals surface area contributed by atoms with Gasteiger partial charge in [-0.1, -0.05) is 31.6 Å². The zero-order valence-corrected chi connectivity index (χ0v) is 26.5. The van der Waals surface area contributed by atoms with Gasteiger partial charge in [0.2, 0.25) is 5.91 Å². The van der Waals surface area contributed by atoms with Crippen LogP contribution in [0, 0.1) is 28.6 Å². The van der Waals surface area contributed by atoms with Crippen molar-refractivity contribution in [2.45, 2.75) is 103 Å². The normalized spacial score (nSPS) is 34.0. The van der Waals surface area contributed by atoms with E-state index in [9.17, 15) is 9.90 Å². The number of methoxy groups -OCH3 is 1. The van der Waals surface area contributed by atoms with Crippen molar-refractivity contribution >= 4 is 22.5 Å². The number of aliphatic hydroxyl groups is 1. The van der Waals surface area contributed by atoms with Gasteiger partial charge in [0.1, 0.15) is 12.4 Å². The third kappa shape index (κ3) is 5.92. The van der Waals surface area contributed by atoms with Gasteiger partial charge < -0.3 is 25.2 Å². The maximum atomic E-state index is 12.8. The number of anilines is 1. The fourth-order valence-electron chi connectivity index (χ4n) is 9.46. The molecule has 0 radical (unpaired) electrons. The Bertz CT molecular complexity index is 1350. The molecule has 0 aliphatic heterocycles. The van der Waals surface area contributed by atoms with Gasteiger partial charge >= 0.3 is 0 Å². The number of pyridine rings is 1. The van der Waals surface area contributed by atoms with E-state index in [1.165, 1.54) is 24.8 Å². The Morgan fingerprint density at radius 2 is 2.02 bits per heavy atom. The number of nitrogens with zero attached hydrogens (tertiary/aromatic N) is 1. The number of hydrogen-bond acceptors (Lipinski definition) is 6. The molecular formula is C36H51N3O4. The summed E-state index contributed by atoms with van der Waals surface area (Å²) in [5.41, 5.74) is 3.83. The van der Waals surface area contributed by atoms with Gasteiger partial charge in [0.15, 0.2) is 0 Å². The fraction of sp³-hybridized carbons (Fsp3) is 0.667. The molecule has 1 aromatic carbocycles. The Labute approximate surface area is 257 Å². The molecule has 3 saturated carbocycles. The van der Waals surface area contributed by atoms with Crippen LogP contribution in [0.5, 0.6) is 5.75 Å². The van der Waals surface area contributed by atoms with Crippen LogP contribution in [0.3, 0.4) is 0 Å². The number of nitrogens with one attached hydrogen (secondary N) is 2. The van der Waals surface area contributed by atoms with Crippen LogP contribution < -0.4 is 15.4 Å². The van der Waals surface area contributed by atoms with Crippen molar-refractivity contribution in [2.75, 3.05) is 25.6 Å². The van der Waals surface area contributed by atoms with Crippen molar-refractivity contribution < 1.29 is 19.4 Å². The van der Waals surface area contributed by atoms with E-state index < -0.39 is 0 Å². The molecule has 0 bridgehead atoms. The highest BCUT2D eigenvalue weighted by Crippen LogP contribution is 2.65. The molecule has 0 spiro atoms. The zero-order valence-electron chi connectivity index (χ0n) is 26.5. The number of amides is 1. The van der Waals surface area contributed by atoms with Crippen LogP contribution in [0.4, 0.5) is 5.69 Å². The lowest BCUT2D eigenvalue weighted by Crippen LogP contribution is -2.51. The summed E-state index contributed by atoms with van der Waals surface area (Å²) in [5, 5.41) is 18.0. The summed E-state index contributed by atoms with van der Waals surface area (Å²) in [6, 6.07) is 8.20. The number of benzene rings is 1. The number of fused-ring (bicyclic) bond motifs is 6. The van der Waals surface area contributed by atoms with Crippen molar-refractivity contribution in [3.63, 3.8) is 0 Å². The number of aromatic nitrogens is 1. The summed E-state index contributed by atoms with van der Waals surface area (Å²) in [7, 11) is 1.68. The average Bonchev–Trinajstić information content (AvgIpc) is 3.34. The van der Waals surface area contributed by atoms with Gasteiger partial charge in [-0.25, -0.2) is 0 Å². The van der Waals surface area contributed by atoms with Crippen LogP contribution in [0.2, 0.25) is 0 Å². The van der Waals surface area contributed by atoms with E-state index in [0.717, 1.165) is 73.2 Å². The first-order chi connectivity index (χ1) is 20.7. The molecule has 1 aromatic heterocycles. The van der Waals surface area contributed by atoms with Crippen molar-refractivity contribution in [3.05, 3.63) is 42.1 Å². The van der Waals surface area contributed by atoms with Gasteiger partial charge in [0.25, 0.3) is 0 Å². The Morgan fingerprint density at radius 1 is 1.16 bits per heavy atom. The van der Waals surface area contributed by atoms with E-state index in [-0.39, 0.29) is 41.6 Å². The predicted molar refractivity (Wildman–Crippen MR) is 171 cm³/mol. The number of ether oxygens (including phenoxy) is 2. The summed E-state index contributed by atoms with van der Waals surface area (Å²) in [5.74, 6) is 2.87. The zero-order chi connectivity index (χ0) is 30.2. The minimum atomic E-state index is -0.155. The van der Waals surface area contributed by atoms with E-state index in [2.05, 4.69) is 42.5 Å². The number of rotatable bonds is 10. The molecule has 43 heavy (non-hydrogen) atoms. The van der Waals surface area contributed by atoms with Crippen LogP contribution in [0.25, 0.3) is 10.9 Å². The Kier molecular flexibility index (Phi) is 8.76. The highest BCUT2D eigenvalue weighted by atomic mass is 16.5. The van der Waals surface area contributed by atoms with Crippen molar-refractivity contribution in [2.24, 2.45) is 28.6 Å². The van der Waals surface area contributed by atoms with Gasteiger partial charge in [-0.05, 0) is 112 Å². The molecule has 3 N–H and O–H groups in total. The topological polar surface area (TPSA) is 92.7 Å². The molecular weight excluding hydrogens is 538 g/mol. The molecule has 7 heteroatoms. The second kappa shape index (κ2) is 12.4. The summed E-state index contributed by atoms with van der Waals surface area (Å²) >= 11 is 0. The maximum Gasteiger partial charge on any atom is 0.246 e. The third-order valence-electron chi connectivity index (χ3n) is 11.9. The average molecular weight is 590 g/mol. The van der Waals surface area contributed by atoms with Crippen LogP contribution in [-0.2, 0) is 9.53 Å². The predicted octanol–water partition coefficient (Wildman–Crippen LogP) is 6.65. The summed E-state index contributed by atoms with van der Waals surface area (Å²) in [4.78, 5) is 17.3. The third-order valence-corrected chi connectivity index (χ3v) is 11.9. The molecule has 1 amide bonds. The van der Waals surface area contributed by atoms with Gasteiger partial charge in [0, 0.05) is 30.2 Å². The Morgan fingerprint density at radius 3 is 2.86 bits per heavy atom. The summed E-state index contributed by atoms with van der Waals surface area (Å²) in [6.45, 7) is 7.86. The molecule has 7 nitrogen and oxygen atoms in total. The van der Waals surface area contributed by atoms with E-state index in [4.69, 9.17) is 9.47 Å². The minimum absolute atomic E-state index is 0.0112. The number of carbonyl (C=O) groups is 1. The molecule has 2 aromatic rings. The van der Waals surface area contributed by atoms with Crippen LogP contribution in [0.1, 0.15) is 85.0 Å². The van der Waals surface area contributed by atoms with Crippen LogP contribution >= 0.6 is 0 Å². The first-order valence-corrected chi connectivity index (χ1v) is 16.7. The van der Waals surface area contributed by atoms with Crippen molar-refractivity contribution in [1.29, 1.82) is 0 Å². The van der Waals surface area contributed by atoms with Crippen molar-refractivity contribution in [3.8, 4) is 5.75 Å². The largest absolute Gasteiger partial charge is 0.497 e. The lowest BCUT2D eigenvalue weighted by atomic mass is 9.48. The molecule has 8 unspecified atom stereocenters. The van der Waals surface area contributed by atoms with Crippen LogP contribution in [0.15, 0.2) is 42.1 Å². The quantitative estimate of drug-likeness (QED) is 0.212. The van der Waals surface area contributed by atoms with Crippen molar-refractivity contribution in [1.82, 2.24) is 10.3 Å². The van der Waals surface area contributed by atoms with E-state index >= 15 is 0 Å².